The number of hydrogen-bond donors (Lipinski definition) is 2. The first-order valence-electron chi connectivity index (χ1n) is 5.44. The Kier molecular flexibility index (Phi) is 3.03. The Morgan fingerprint density at radius 2 is 2.38 bits per heavy atom. The van der Waals surface area contributed by atoms with E-state index in [1.807, 2.05) is 13.0 Å². The Morgan fingerprint density at radius 3 is 3.00 bits per heavy atom. The third-order valence-corrected chi connectivity index (χ3v) is 2.91. The molecule has 0 radical (unpaired) electrons. The zero-order chi connectivity index (χ0) is 11.5. The standard InChI is InChI=1S/C11H15N3O2/c1-7-4-5-12-11(13-7)14-9-3-2-8(6-9)10(15)16/h4-5,8-9H,2-3,6H2,1H3,(H,15,16)(H,12,13,14). The van der Waals surface area contributed by atoms with E-state index in [-0.39, 0.29) is 12.0 Å². The molecule has 2 rings (SSSR count). The van der Waals surface area contributed by atoms with Crippen LogP contribution in [0.4, 0.5) is 5.95 Å². The minimum atomic E-state index is -0.700. The highest BCUT2D eigenvalue weighted by molar-refractivity contribution is 5.70. The minimum absolute atomic E-state index is 0.183. The highest BCUT2D eigenvalue weighted by atomic mass is 16.4. The average Bonchev–Trinajstić information content (AvgIpc) is 2.66. The maximum absolute atomic E-state index is 10.8. The lowest BCUT2D eigenvalue weighted by molar-refractivity contribution is -0.141. The van der Waals surface area contributed by atoms with Gasteiger partial charge in [-0.05, 0) is 32.3 Å². The quantitative estimate of drug-likeness (QED) is 0.808. The third-order valence-electron chi connectivity index (χ3n) is 2.91. The summed E-state index contributed by atoms with van der Waals surface area (Å²) < 4.78 is 0. The van der Waals surface area contributed by atoms with E-state index >= 15 is 0 Å². The lowest BCUT2D eigenvalue weighted by Gasteiger charge is -2.12. The van der Waals surface area contributed by atoms with E-state index in [0.717, 1.165) is 18.5 Å². The molecule has 5 nitrogen and oxygen atoms in total. The van der Waals surface area contributed by atoms with Gasteiger partial charge in [-0.15, -0.1) is 0 Å². The average molecular weight is 221 g/mol. The van der Waals surface area contributed by atoms with Gasteiger partial charge >= 0.3 is 5.97 Å². The molecule has 16 heavy (non-hydrogen) atoms. The summed E-state index contributed by atoms with van der Waals surface area (Å²) in [5.41, 5.74) is 0.908. The molecule has 2 N–H and O–H groups in total. The molecule has 1 heterocycles. The molecule has 1 aromatic heterocycles. The van der Waals surface area contributed by atoms with E-state index < -0.39 is 5.97 Å². The van der Waals surface area contributed by atoms with Crippen LogP contribution in [0.3, 0.4) is 0 Å². The molecule has 0 spiro atoms. The zero-order valence-electron chi connectivity index (χ0n) is 9.18. The molecule has 1 fully saturated rings. The summed E-state index contributed by atoms with van der Waals surface area (Å²) in [6.07, 6.45) is 3.97. The maximum atomic E-state index is 10.8. The number of carbonyl (C=O) groups is 1. The van der Waals surface area contributed by atoms with E-state index in [0.29, 0.717) is 12.4 Å². The summed E-state index contributed by atoms with van der Waals surface area (Å²) in [5.74, 6) is -0.326. The first-order valence-corrected chi connectivity index (χ1v) is 5.44. The highest BCUT2D eigenvalue weighted by Crippen LogP contribution is 2.27. The monoisotopic (exact) mass is 221 g/mol. The van der Waals surface area contributed by atoms with Gasteiger partial charge in [0, 0.05) is 17.9 Å². The molecule has 0 amide bonds. The van der Waals surface area contributed by atoms with Crippen molar-refractivity contribution in [2.75, 3.05) is 5.32 Å². The predicted molar refractivity (Wildman–Crippen MR) is 59.2 cm³/mol. The van der Waals surface area contributed by atoms with Gasteiger partial charge in [-0.2, -0.15) is 0 Å². The van der Waals surface area contributed by atoms with Gasteiger partial charge < -0.3 is 10.4 Å². The molecule has 0 bridgehead atoms. The minimum Gasteiger partial charge on any atom is -0.481 e. The molecule has 1 saturated carbocycles. The van der Waals surface area contributed by atoms with Gasteiger partial charge in [-0.3, -0.25) is 4.79 Å². The van der Waals surface area contributed by atoms with Crippen LogP contribution in [-0.2, 0) is 4.79 Å². The Bertz CT molecular complexity index is 395. The van der Waals surface area contributed by atoms with Crippen LogP contribution in [0.25, 0.3) is 0 Å². The number of aryl methyl sites for hydroxylation is 1. The largest absolute Gasteiger partial charge is 0.481 e. The number of anilines is 1. The van der Waals surface area contributed by atoms with Crippen molar-refractivity contribution in [3.05, 3.63) is 18.0 Å². The van der Waals surface area contributed by atoms with Crippen LogP contribution >= 0.6 is 0 Å². The van der Waals surface area contributed by atoms with Crippen LogP contribution in [-0.4, -0.2) is 27.1 Å². The Morgan fingerprint density at radius 1 is 1.56 bits per heavy atom. The molecule has 5 heteroatoms. The fraction of sp³-hybridized carbons (Fsp3) is 0.545. The van der Waals surface area contributed by atoms with Crippen molar-refractivity contribution in [2.24, 2.45) is 5.92 Å². The van der Waals surface area contributed by atoms with Crippen LogP contribution < -0.4 is 5.32 Å². The molecule has 0 aromatic carbocycles. The molecule has 0 saturated heterocycles. The van der Waals surface area contributed by atoms with E-state index in [9.17, 15) is 4.79 Å². The van der Waals surface area contributed by atoms with Crippen molar-refractivity contribution >= 4 is 11.9 Å². The summed E-state index contributed by atoms with van der Waals surface area (Å²) in [6, 6.07) is 2.02. The van der Waals surface area contributed by atoms with Crippen molar-refractivity contribution in [3.8, 4) is 0 Å². The van der Waals surface area contributed by atoms with Gasteiger partial charge in [0.2, 0.25) is 5.95 Å². The molecular weight excluding hydrogens is 206 g/mol. The Balaban J connectivity index is 1.94. The number of carboxylic acids is 1. The van der Waals surface area contributed by atoms with Gasteiger partial charge in [0.15, 0.2) is 0 Å². The van der Waals surface area contributed by atoms with Crippen LogP contribution in [0.2, 0.25) is 0 Å². The first kappa shape index (κ1) is 10.9. The fourth-order valence-electron chi connectivity index (χ4n) is 2.04. The number of aromatic nitrogens is 2. The number of aliphatic carboxylic acids is 1. The first-order chi connectivity index (χ1) is 7.65. The molecule has 1 aromatic rings. The van der Waals surface area contributed by atoms with E-state index in [1.165, 1.54) is 0 Å². The van der Waals surface area contributed by atoms with Gasteiger partial charge in [-0.1, -0.05) is 0 Å². The second kappa shape index (κ2) is 4.47. The van der Waals surface area contributed by atoms with Crippen molar-refractivity contribution in [3.63, 3.8) is 0 Å². The highest BCUT2D eigenvalue weighted by Gasteiger charge is 2.29. The summed E-state index contributed by atoms with van der Waals surface area (Å²) in [6.45, 7) is 1.90. The second-order valence-electron chi connectivity index (χ2n) is 4.21. The number of nitrogens with one attached hydrogen (secondary N) is 1. The van der Waals surface area contributed by atoms with Gasteiger partial charge in [-0.25, -0.2) is 9.97 Å². The summed E-state index contributed by atoms with van der Waals surface area (Å²) >= 11 is 0. The van der Waals surface area contributed by atoms with E-state index in [4.69, 9.17) is 5.11 Å². The maximum Gasteiger partial charge on any atom is 0.306 e. The zero-order valence-corrected chi connectivity index (χ0v) is 9.18. The normalized spacial score (nSPS) is 24.3. The van der Waals surface area contributed by atoms with Gasteiger partial charge in [0.25, 0.3) is 0 Å². The molecular formula is C11H15N3O2. The molecule has 0 aliphatic heterocycles. The fourth-order valence-corrected chi connectivity index (χ4v) is 2.04. The Labute approximate surface area is 93.9 Å². The van der Waals surface area contributed by atoms with E-state index in [1.54, 1.807) is 6.20 Å². The SMILES string of the molecule is Cc1ccnc(NC2CCC(C(=O)O)C2)n1. The molecule has 86 valence electrons. The number of nitrogens with zero attached hydrogens (tertiary/aromatic N) is 2. The lowest BCUT2D eigenvalue weighted by atomic mass is 10.1. The van der Waals surface area contributed by atoms with Crippen molar-refractivity contribution in [1.29, 1.82) is 0 Å². The Hall–Kier alpha value is -1.65. The smallest absolute Gasteiger partial charge is 0.306 e. The van der Waals surface area contributed by atoms with Gasteiger partial charge in [0.05, 0.1) is 5.92 Å². The molecule has 2 atom stereocenters. The third kappa shape index (κ3) is 2.48. The number of carboxylic acid groups (broad SMARTS) is 1. The van der Waals surface area contributed by atoms with Crippen LogP contribution in [0.5, 0.6) is 0 Å². The van der Waals surface area contributed by atoms with Crippen LogP contribution in [0.15, 0.2) is 12.3 Å². The summed E-state index contributed by atoms with van der Waals surface area (Å²) in [4.78, 5) is 19.1. The van der Waals surface area contributed by atoms with Crippen LogP contribution in [0, 0.1) is 12.8 Å². The number of rotatable bonds is 3. The van der Waals surface area contributed by atoms with Crippen molar-refractivity contribution in [1.82, 2.24) is 9.97 Å². The molecule has 1 aliphatic rings. The van der Waals surface area contributed by atoms with Gasteiger partial charge in [0.1, 0.15) is 0 Å². The second-order valence-corrected chi connectivity index (χ2v) is 4.21. The topological polar surface area (TPSA) is 75.1 Å². The van der Waals surface area contributed by atoms with Crippen molar-refractivity contribution < 1.29 is 9.90 Å². The molecule has 2 unspecified atom stereocenters. The number of hydrogen-bond acceptors (Lipinski definition) is 4. The van der Waals surface area contributed by atoms with Crippen molar-refractivity contribution in [2.45, 2.75) is 32.2 Å². The molecule has 1 aliphatic carbocycles. The summed E-state index contributed by atoms with van der Waals surface area (Å²) in [7, 11) is 0. The lowest BCUT2D eigenvalue weighted by Crippen LogP contribution is -2.19. The predicted octanol–water partition coefficient (Wildman–Crippen LogP) is 1.45. The van der Waals surface area contributed by atoms with Crippen LogP contribution in [0.1, 0.15) is 25.0 Å². The summed E-state index contributed by atoms with van der Waals surface area (Å²) in [5, 5.41) is 12.1. The van der Waals surface area contributed by atoms with E-state index in [2.05, 4.69) is 15.3 Å².